The van der Waals surface area contributed by atoms with Crippen LogP contribution in [0.3, 0.4) is 0 Å². The van der Waals surface area contributed by atoms with Gasteiger partial charge in [-0.1, -0.05) is 0 Å². The van der Waals surface area contributed by atoms with E-state index in [-0.39, 0.29) is 5.78 Å². The molecular weight excluding hydrogens is 210 g/mol. The van der Waals surface area contributed by atoms with Gasteiger partial charge in [-0.05, 0) is 33.6 Å². The summed E-state index contributed by atoms with van der Waals surface area (Å²) in [4.78, 5) is 24.6. The van der Waals surface area contributed by atoms with Crippen molar-refractivity contribution < 1.29 is 19.4 Å². The largest absolute Gasteiger partial charge is 0.444 e. The summed E-state index contributed by atoms with van der Waals surface area (Å²) in [6.07, 6.45) is 0.908. The molecule has 0 saturated carbocycles. The van der Waals surface area contributed by atoms with Gasteiger partial charge in [0, 0.05) is 6.54 Å². The predicted molar refractivity (Wildman–Crippen MR) is 58.1 cm³/mol. The normalized spacial score (nSPS) is 21.0. The molecule has 1 saturated heterocycles. The summed E-state index contributed by atoms with van der Waals surface area (Å²) in [6, 6.07) is -0.514. The summed E-state index contributed by atoms with van der Waals surface area (Å²) in [5.74, 6) is -0.316. The number of likely N-dealkylation sites (tertiary alicyclic amines) is 1. The molecule has 0 aromatic carbocycles. The fourth-order valence-corrected chi connectivity index (χ4v) is 1.75. The maximum Gasteiger partial charge on any atom is 0.410 e. The third-order valence-corrected chi connectivity index (χ3v) is 2.41. The number of aliphatic hydroxyl groups is 1. The van der Waals surface area contributed by atoms with Crippen LogP contribution in [-0.2, 0) is 9.53 Å². The summed E-state index contributed by atoms with van der Waals surface area (Å²) < 4.78 is 5.20. The van der Waals surface area contributed by atoms with E-state index in [4.69, 9.17) is 9.84 Å². The van der Waals surface area contributed by atoms with E-state index in [9.17, 15) is 9.59 Å². The van der Waals surface area contributed by atoms with Crippen molar-refractivity contribution in [2.75, 3.05) is 13.2 Å². The second kappa shape index (κ2) is 4.82. The van der Waals surface area contributed by atoms with Gasteiger partial charge >= 0.3 is 6.09 Å². The van der Waals surface area contributed by atoms with Crippen LogP contribution in [0.1, 0.15) is 33.6 Å². The zero-order valence-corrected chi connectivity index (χ0v) is 10.0. The van der Waals surface area contributed by atoms with E-state index in [0.717, 1.165) is 6.42 Å². The van der Waals surface area contributed by atoms with Crippen LogP contribution < -0.4 is 0 Å². The Balaban J connectivity index is 2.65. The second-order valence-corrected chi connectivity index (χ2v) is 4.96. The lowest BCUT2D eigenvalue weighted by Gasteiger charge is -2.27. The van der Waals surface area contributed by atoms with E-state index in [1.54, 1.807) is 20.8 Å². The molecule has 0 aromatic rings. The van der Waals surface area contributed by atoms with E-state index >= 15 is 0 Å². The zero-order chi connectivity index (χ0) is 12.3. The lowest BCUT2D eigenvalue weighted by Crippen LogP contribution is -2.44. The van der Waals surface area contributed by atoms with Gasteiger partial charge in [-0.25, -0.2) is 4.79 Å². The SMILES string of the molecule is CC(C)(C)OC(=O)N1CCCC1C(=O)CO. The molecule has 5 nitrogen and oxygen atoms in total. The summed E-state index contributed by atoms with van der Waals surface area (Å²) >= 11 is 0. The minimum absolute atomic E-state index is 0.316. The van der Waals surface area contributed by atoms with Gasteiger partial charge < -0.3 is 9.84 Å². The van der Waals surface area contributed by atoms with Gasteiger partial charge in [0.2, 0.25) is 0 Å². The van der Waals surface area contributed by atoms with E-state index in [1.807, 2.05) is 0 Å². The molecule has 5 heteroatoms. The maximum absolute atomic E-state index is 11.8. The van der Waals surface area contributed by atoms with Gasteiger partial charge in [0.1, 0.15) is 12.2 Å². The number of rotatable bonds is 2. The number of hydrogen-bond donors (Lipinski definition) is 1. The monoisotopic (exact) mass is 229 g/mol. The first-order valence-corrected chi connectivity index (χ1v) is 5.48. The van der Waals surface area contributed by atoms with Crippen LogP contribution in [0.15, 0.2) is 0 Å². The van der Waals surface area contributed by atoms with Crippen molar-refractivity contribution in [2.24, 2.45) is 0 Å². The van der Waals surface area contributed by atoms with Crippen LogP contribution in [0.25, 0.3) is 0 Å². The Morgan fingerprint density at radius 2 is 2.06 bits per heavy atom. The van der Waals surface area contributed by atoms with Crippen molar-refractivity contribution in [2.45, 2.75) is 45.3 Å². The lowest BCUT2D eigenvalue weighted by molar-refractivity contribution is -0.126. The molecule has 0 bridgehead atoms. The van der Waals surface area contributed by atoms with Crippen LogP contribution in [0.2, 0.25) is 0 Å². The third kappa shape index (κ3) is 3.20. The molecule has 1 unspecified atom stereocenters. The van der Waals surface area contributed by atoms with Crippen LogP contribution in [0.5, 0.6) is 0 Å². The Hall–Kier alpha value is -1.10. The molecule has 92 valence electrons. The number of aliphatic hydroxyl groups excluding tert-OH is 1. The number of carbonyl (C=O) groups is 2. The van der Waals surface area contributed by atoms with E-state index in [0.29, 0.717) is 13.0 Å². The molecule has 1 atom stereocenters. The number of Topliss-reactive ketones (excluding diaryl/α,β-unsaturated/α-hetero) is 1. The molecular formula is C11H19NO4. The third-order valence-electron chi connectivity index (χ3n) is 2.41. The zero-order valence-electron chi connectivity index (χ0n) is 10.0. The molecule has 1 aliphatic rings. The quantitative estimate of drug-likeness (QED) is 0.765. The van der Waals surface area contributed by atoms with Crippen LogP contribution in [0, 0.1) is 0 Å². The maximum atomic E-state index is 11.8. The molecule has 1 amide bonds. The van der Waals surface area contributed by atoms with Crippen molar-refractivity contribution in [1.82, 2.24) is 4.90 Å². The molecule has 0 aliphatic carbocycles. The number of amides is 1. The van der Waals surface area contributed by atoms with Crippen molar-refractivity contribution >= 4 is 11.9 Å². The first kappa shape index (κ1) is 13.0. The summed E-state index contributed by atoms with van der Waals surface area (Å²) in [5, 5.41) is 8.80. The number of nitrogens with zero attached hydrogens (tertiary/aromatic N) is 1. The Morgan fingerprint density at radius 1 is 1.44 bits per heavy atom. The second-order valence-electron chi connectivity index (χ2n) is 4.96. The minimum atomic E-state index is -0.563. The Labute approximate surface area is 95.4 Å². The highest BCUT2D eigenvalue weighted by atomic mass is 16.6. The minimum Gasteiger partial charge on any atom is -0.444 e. The fourth-order valence-electron chi connectivity index (χ4n) is 1.75. The summed E-state index contributed by atoms with van der Waals surface area (Å²) in [5.41, 5.74) is -0.563. The molecule has 1 rings (SSSR count). The highest BCUT2D eigenvalue weighted by Crippen LogP contribution is 2.21. The molecule has 1 heterocycles. The molecule has 0 radical (unpaired) electrons. The highest BCUT2D eigenvalue weighted by molar-refractivity contribution is 5.88. The fraction of sp³-hybridized carbons (Fsp3) is 0.818. The molecule has 1 fully saturated rings. The number of ketones is 1. The van der Waals surface area contributed by atoms with Gasteiger partial charge in [0.05, 0.1) is 6.04 Å². The summed E-state index contributed by atoms with van der Waals surface area (Å²) in [6.45, 7) is 5.34. The van der Waals surface area contributed by atoms with Crippen molar-refractivity contribution in [3.63, 3.8) is 0 Å². The van der Waals surface area contributed by atoms with Gasteiger partial charge in [-0.15, -0.1) is 0 Å². The number of hydrogen-bond acceptors (Lipinski definition) is 4. The average molecular weight is 229 g/mol. The van der Waals surface area contributed by atoms with Crippen LogP contribution in [-0.4, -0.2) is 46.7 Å². The molecule has 1 N–H and O–H groups in total. The Bertz CT molecular complexity index is 282. The molecule has 0 spiro atoms. The standard InChI is InChI=1S/C11H19NO4/c1-11(2,3)16-10(15)12-6-4-5-8(12)9(14)7-13/h8,13H,4-7H2,1-3H3. The van der Waals surface area contributed by atoms with Crippen LogP contribution in [0.4, 0.5) is 4.79 Å². The highest BCUT2D eigenvalue weighted by Gasteiger charge is 2.35. The van der Waals surface area contributed by atoms with E-state index < -0.39 is 24.3 Å². The van der Waals surface area contributed by atoms with Gasteiger partial charge in [-0.3, -0.25) is 9.69 Å². The number of ether oxygens (including phenoxy) is 1. The molecule has 1 aliphatic heterocycles. The van der Waals surface area contributed by atoms with Crippen molar-refractivity contribution in [3.05, 3.63) is 0 Å². The van der Waals surface area contributed by atoms with E-state index in [1.165, 1.54) is 4.90 Å². The first-order chi connectivity index (χ1) is 7.35. The van der Waals surface area contributed by atoms with Crippen molar-refractivity contribution in [3.8, 4) is 0 Å². The Morgan fingerprint density at radius 3 is 2.56 bits per heavy atom. The summed E-state index contributed by atoms with van der Waals surface area (Å²) in [7, 11) is 0. The number of carbonyl (C=O) groups excluding carboxylic acids is 2. The van der Waals surface area contributed by atoms with Crippen LogP contribution >= 0.6 is 0 Å². The van der Waals surface area contributed by atoms with E-state index in [2.05, 4.69) is 0 Å². The van der Waals surface area contributed by atoms with Gasteiger partial charge in [-0.2, -0.15) is 0 Å². The van der Waals surface area contributed by atoms with Gasteiger partial charge in [0.15, 0.2) is 5.78 Å². The predicted octanol–water partition coefficient (Wildman–Crippen LogP) is 0.947. The smallest absolute Gasteiger partial charge is 0.410 e. The molecule has 0 aromatic heterocycles. The average Bonchev–Trinajstić information content (AvgIpc) is 2.62. The lowest BCUT2D eigenvalue weighted by atomic mass is 10.1. The topological polar surface area (TPSA) is 66.8 Å². The van der Waals surface area contributed by atoms with Gasteiger partial charge in [0.25, 0.3) is 0 Å². The molecule has 16 heavy (non-hydrogen) atoms. The first-order valence-electron chi connectivity index (χ1n) is 5.48. The van der Waals surface area contributed by atoms with Crippen molar-refractivity contribution in [1.29, 1.82) is 0 Å². The Kier molecular flexibility index (Phi) is 3.91.